The van der Waals surface area contributed by atoms with Crippen LogP contribution in [0.5, 0.6) is 0 Å². The molecule has 1 aliphatic heterocycles. The highest BCUT2D eigenvalue weighted by Crippen LogP contribution is 2.59. The van der Waals surface area contributed by atoms with E-state index in [0.717, 1.165) is 17.3 Å². The summed E-state index contributed by atoms with van der Waals surface area (Å²) in [6, 6.07) is 8.69. The molecule has 0 spiro atoms. The van der Waals surface area contributed by atoms with Crippen LogP contribution in [0, 0.1) is 5.92 Å². The van der Waals surface area contributed by atoms with Crippen molar-refractivity contribution in [3.8, 4) is 0 Å². The highest BCUT2D eigenvalue weighted by molar-refractivity contribution is 8.30. The van der Waals surface area contributed by atoms with Crippen molar-refractivity contribution >= 4 is 21.0 Å². The Morgan fingerprint density at radius 1 is 1.21 bits per heavy atom. The molecule has 0 saturated carbocycles. The molecule has 2 aromatic rings. The Balaban J connectivity index is 1.82. The quantitative estimate of drug-likeness (QED) is 0.894. The fourth-order valence-corrected chi connectivity index (χ4v) is 7.01. The van der Waals surface area contributed by atoms with Crippen molar-refractivity contribution in [3.63, 3.8) is 0 Å². The molecular weight excluding hydrogens is 316 g/mol. The van der Waals surface area contributed by atoms with E-state index in [9.17, 15) is 4.79 Å². The third-order valence-electron chi connectivity index (χ3n) is 5.56. The highest BCUT2D eigenvalue weighted by Gasteiger charge is 2.40. The van der Waals surface area contributed by atoms with Gasteiger partial charge < -0.3 is 4.98 Å². The molecule has 2 unspecified atom stereocenters. The molecule has 1 saturated heterocycles. The zero-order valence-corrected chi connectivity index (χ0v) is 15.3. The van der Waals surface area contributed by atoms with Crippen molar-refractivity contribution < 1.29 is 0 Å². The summed E-state index contributed by atoms with van der Waals surface area (Å²) in [5.74, 6) is 0.639. The lowest BCUT2D eigenvalue weighted by Gasteiger charge is -2.45. The first-order chi connectivity index (χ1) is 11.5. The molecular formula is C20H24N2OS. The van der Waals surface area contributed by atoms with Gasteiger partial charge in [0, 0.05) is 40.4 Å². The number of aromatic amines is 1. The van der Waals surface area contributed by atoms with E-state index in [1.165, 1.54) is 16.9 Å². The first-order valence-corrected chi connectivity index (χ1v) is 10.9. The van der Waals surface area contributed by atoms with Gasteiger partial charge in [0.2, 0.25) is 0 Å². The summed E-state index contributed by atoms with van der Waals surface area (Å²) in [5.41, 5.74) is 1.50. The summed E-state index contributed by atoms with van der Waals surface area (Å²) < 4.78 is 2.68. The maximum Gasteiger partial charge on any atom is 0.255 e. The topological polar surface area (TPSA) is 36.1 Å². The average Bonchev–Trinajstić information content (AvgIpc) is 3.01. The van der Waals surface area contributed by atoms with E-state index in [1.807, 2.05) is 12.1 Å². The van der Waals surface area contributed by atoms with E-state index in [0.29, 0.717) is 12.0 Å². The number of benzene rings is 1. The van der Waals surface area contributed by atoms with Crippen LogP contribution >= 0.6 is 10.2 Å². The maximum absolute atomic E-state index is 12.2. The van der Waals surface area contributed by atoms with E-state index >= 15 is 0 Å². The minimum absolute atomic E-state index is 0.000175. The van der Waals surface area contributed by atoms with E-state index < -0.39 is 10.2 Å². The average molecular weight is 340 g/mol. The summed E-state index contributed by atoms with van der Waals surface area (Å²) in [6.07, 6.45) is 14.5. The minimum atomic E-state index is -1.17. The van der Waals surface area contributed by atoms with Gasteiger partial charge in [-0.3, -0.25) is 9.10 Å². The molecule has 2 heterocycles. The van der Waals surface area contributed by atoms with Gasteiger partial charge in [0.1, 0.15) is 0 Å². The molecule has 126 valence electrons. The van der Waals surface area contributed by atoms with Gasteiger partial charge in [-0.1, -0.05) is 29.9 Å². The summed E-state index contributed by atoms with van der Waals surface area (Å²) in [7, 11) is -1.17. The Hall–Kier alpha value is -1.78. The van der Waals surface area contributed by atoms with Crippen LogP contribution < -0.4 is 5.56 Å². The lowest BCUT2D eigenvalue weighted by Crippen LogP contribution is -2.34. The Kier molecular flexibility index (Phi) is 3.70. The molecule has 4 rings (SSSR count). The van der Waals surface area contributed by atoms with Crippen molar-refractivity contribution in [1.82, 2.24) is 9.29 Å². The Morgan fingerprint density at radius 2 is 2.04 bits per heavy atom. The second kappa shape index (κ2) is 5.64. The molecule has 0 amide bonds. The molecule has 2 atom stereocenters. The largest absolute Gasteiger partial charge is 0.329 e. The zero-order chi connectivity index (χ0) is 16.9. The summed E-state index contributed by atoms with van der Waals surface area (Å²) in [4.78, 5) is 16.3. The highest BCUT2D eigenvalue weighted by atomic mass is 32.3. The van der Waals surface area contributed by atoms with Crippen LogP contribution in [0.1, 0.15) is 13.3 Å². The second-order valence-electron chi connectivity index (χ2n) is 7.12. The van der Waals surface area contributed by atoms with Gasteiger partial charge in [0.15, 0.2) is 0 Å². The fraction of sp³-hybridized carbons (Fsp3) is 0.350. The number of hydrogen-bond acceptors (Lipinski definition) is 2. The molecule has 3 nitrogen and oxygen atoms in total. The number of rotatable bonds is 2. The smallest absolute Gasteiger partial charge is 0.255 e. The summed E-state index contributed by atoms with van der Waals surface area (Å²) >= 11 is 0. The number of hydrogen-bond donors (Lipinski definition) is 1. The third kappa shape index (κ3) is 2.28. The Bertz CT molecular complexity index is 909. The molecule has 1 aromatic heterocycles. The van der Waals surface area contributed by atoms with Crippen LogP contribution in [0.15, 0.2) is 64.0 Å². The predicted octanol–water partition coefficient (Wildman–Crippen LogP) is 4.07. The van der Waals surface area contributed by atoms with E-state index in [1.54, 1.807) is 6.20 Å². The van der Waals surface area contributed by atoms with Crippen LogP contribution in [-0.4, -0.2) is 34.4 Å². The first kappa shape index (κ1) is 15.7. The van der Waals surface area contributed by atoms with Crippen LogP contribution in [-0.2, 0) is 0 Å². The van der Waals surface area contributed by atoms with Gasteiger partial charge in [-0.15, -0.1) is 0 Å². The van der Waals surface area contributed by atoms with Gasteiger partial charge >= 0.3 is 0 Å². The number of aromatic nitrogens is 1. The second-order valence-corrected chi connectivity index (χ2v) is 10.6. The van der Waals surface area contributed by atoms with Gasteiger partial charge in [-0.2, -0.15) is 10.2 Å². The minimum Gasteiger partial charge on any atom is -0.329 e. The lowest BCUT2D eigenvalue weighted by molar-refractivity contribution is 0.448. The van der Waals surface area contributed by atoms with Crippen molar-refractivity contribution in [2.75, 3.05) is 19.1 Å². The Morgan fingerprint density at radius 3 is 2.88 bits per heavy atom. The fourth-order valence-electron chi connectivity index (χ4n) is 4.25. The molecule has 1 aromatic carbocycles. The van der Waals surface area contributed by atoms with Crippen molar-refractivity contribution in [1.29, 1.82) is 0 Å². The molecule has 4 heteroatoms. The lowest BCUT2D eigenvalue weighted by atomic mass is 9.89. The van der Waals surface area contributed by atoms with Crippen LogP contribution in [0.25, 0.3) is 10.8 Å². The van der Waals surface area contributed by atoms with Crippen LogP contribution in [0.3, 0.4) is 0 Å². The molecule has 0 radical (unpaired) electrons. The number of nitrogens with zero attached hydrogens (tertiary/aromatic N) is 1. The first-order valence-electron chi connectivity index (χ1n) is 8.46. The number of pyridine rings is 1. The SMILES string of the molecule is CC1=CC=CC2C1CCN2S(C)(C)c1cccc2c(=O)[nH]ccc12. The van der Waals surface area contributed by atoms with Gasteiger partial charge in [-0.05, 0) is 44.1 Å². The third-order valence-corrected chi connectivity index (χ3v) is 8.59. The van der Waals surface area contributed by atoms with Crippen molar-refractivity contribution in [2.45, 2.75) is 24.3 Å². The number of fused-ring (bicyclic) bond motifs is 2. The molecule has 1 fully saturated rings. The monoisotopic (exact) mass is 340 g/mol. The van der Waals surface area contributed by atoms with Crippen LogP contribution in [0.2, 0.25) is 0 Å². The zero-order valence-electron chi connectivity index (χ0n) is 14.5. The molecule has 0 bridgehead atoms. The van der Waals surface area contributed by atoms with E-state index in [2.05, 4.69) is 59.1 Å². The van der Waals surface area contributed by atoms with Crippen molar-refractivity contribution in [3.05, 3.63) is 64.6 Å². The maximum atomic E-state index is 12.2. The molecule has 1 aliphatic carbocycles. The van der Waals surface area contributed by atoms with Gasteiger partial charge in [0.05, 0.1) is 0 Å². The van der Waals surface area contributed by atoms with Crippen LogP contribution in [0.4, 0.5) is 0 Å². The number of H-pyrrole nitrogens is 1. The van der Waals surface area contributed by atoms with Gasteiger partial charge in [0.25, 0.3) is 5.56 Å². The van der Waals surface area contributed by atoms with E-state index in [-0.39, 0.29) is 5.56 Å². The predicted molar refractivity (Wildman–Crippen MR) is 104 cm³/mol. The van der Waals surface area contributed by atoms with Crippen molar-refractivity contribution in [2.24, 2.45) is 5.92 Å². The normalized spacial score (nSPS) is 24.9. The number of allylic oxidation sites excluding steroid dienone is 2. The van der Waals surface area contributed by atoms with Gasteiger partial charge in [-0.25, -0.2) is 0 Å². The molecule has 2 aliphatic rings. The summed E-state index contributed by atoms with van der Waals surface area (Å²) in [5, 5.41) is 1.89. The Labute approximate surface area is 144 Å². The molecule has 24 heavy (non-hydrogen) atoms. The number of nitrogens with one attached hydrogen (secondary N) is 1. The standard InChI is InChI=1S/C20H24N2OS/c1-14-6-4-8-18-15(14)11-13-22(18)24(2,3)19-9-5-7-17-16(19)10-12-21-20(17)23/h4-10,12,15,18H,11,13H2,1-3H3,(H,21,23). The molecule has 1 N–H and O–H groups in total. The summed E-state index contributed by atoms with van der Waals surface area (Å²) in [6.45, 7) is 3.37. The van der Waals surface area contributed by atoms with E-state index in [4.69, 9.17) is 0 Å².